The summed E-state index contributed by atoms with van der Waals surface area (Å²) < 4.78 is 46.1. The van der Waals surface area contributed by atoms with E-state index < -0.39 is 41.6 Å². The van der Waals surface area contributed by atoms with Gasteiger partial charge < -0.3 is 10.1 Å². The standard InChI is InChI=1S/C22H17ClF3N3O3/c1-13-15(22(23)29(28-13)11-14-5-3-2-4-6-14)7-10-19(31)32-12-18(30)27-17-9-8-16(24)20(25)21(17)26/h2-10H,11-12H2,1H3,(H,27,30)/b10-7+. The zero-order chi connectivity index (χ0) is 23.3. The molecule has 166 valence electrons. The number of aromatic nitrogens is 2. The third-order valence-electron chi connectivity index (χ3n) is 4.33. The molecule has 1 heterocycles. The number of carbonyl (C=O) groups is 2. The molecular weight excluding hydrogens is 447 g/mol. The van der Waals surface area contributed by atoms with Gasteiger partial charge in [-0.05, 0) is 30.7 Å². The molecule has 3 rings (SSSR count). The molecule has 0 aliphatic rings. The number of benzene rings is 2. The molecule has 0 radical (unpaired) electrons. The first-order valence-corrected chi connectivity index (χ1v) is 9.69. The van der Waals surface area contributed by atoms with E-state index in [0.717, 1.165) is 17.7 Å². The van der Waals surface area contributed by atoms with Crippen LogP contribution in [0.15, 0.2) is 48.5 Å². The van der Waals surface area contributed by atoms with Crippen LogP contribution in [0.3, 0.4) is 0 Å². The average Bonchev–Trinajstić information content (AvgIpc) is 3.04. The minimum Gasteiger partial charge on any atom is -0.452 e. The molecule has 1 amide bonds. The van der Waals surface area contributed by atoms with Gasteiger partial charge >= 0.3 is 5.97 Å². The van der Waals surface area contributed by atoms with E-state index in [1.165, 1.54) is 6.08 Å². The molecule has 0 spiro atoms. The summed E-state index contributed by atoms with van der Waals surface area (Å²) in [7, 11) is 0. The van der Waals surface area contributed by atoms with Crippen LogP contribution in [0.1, 0.15) is 16.8 Å². The van der Waals surface area contributed by atoms with Crippen molar-refractivity contribution < 1.29 is 27.5 Å². The maximum atomic E-state index is 13.6. The predicted octanol–water partition coefficient (Wildman–Crippen LogP) is 4.51. The maximum absolute atomic E-state index is 13.6. The van der Waals surface area contributed by atoms with Crippen LogP contribution in [-0.4, -0.2) is 28.3 Å². The highest BCUT2D eigenvalue weighted by Gasteiger charge is 2.16. The molecule has 1 N–H and O–H groups in total. The topological polar surface area (TPSA) is 73.2 Å². The summed E-state index contributed by atoms with van der Waals surface area (Å²) in [4.78, 5) is 23.7. The Hall–Kier alpha value is -3.59. The number of anilines is 1. The van der Waals surface area contributed by atoms with E-state index >= 15 is 0 Å². The van der Waals surface area contributed by atoms with E-state index in [2.05, 4.69) is 5.10 Å². The van der Waals surface area contributed by atoms with E-state index in [1.807, 2.05) is 35.6 Å². The lowest BCUT2D eigenvalue weighted by Crippen LogP contribution is -2.21. The van der Waals surface area contributed by atoms with Gasteiger partial charge in [0.25, 0.3) is 5.91 Å². The van der Waals surface area contributed by atoms with Crippen LogP contribution in [0, 0.1) is 24.4 Å². The lowest BCUT2D eigenvalue weighted by molar-refractivity contribution is -0.142. The smallest absolute Gasteiger partial charge is 0.331 e. The van der Waals surface area contributed by atoms with Gasteiger partial charge in [-0.25, -0.2) is 22.6 Å². The van der Waals surface area contributed by atoms with Gasteiger partial charge in [0.05, 0.1) is 17.9 Å². The minimum absolute atomic E-state index is 0.321. The highest BCUT2D eigenvalue weighted by molar-refractivity contribution is 6.31. The molecule has 0 atom stereocenters. The minimum atomic E-state index is -1.72. The Morgan fingerprint density at radius 2 is 1.84 bits per heavy atom. The molecule has 0 aliphatic heterocycles. The summed E-state index contributed by atoms with van der Waals surface area (Å²) in [6, 6.07) is 11.1. The number of ether oxygens (including phenoxy) is 1. The van der Waals surface area contributed by atoms with Gasteiger partial charge in [-0.1, -0.05) is 41.9 Å². The normalized spacial score (nSPS) is 11.0. The van der Waals surface area contributed by atoms with Crippen molar-refractivity contribution in [1.29, 1.82) is 0 Å². The second-order valence-corrected chi connectivity index (χ2v) is 7.00. The molecule has 0 saturated heterocycles. The van der Waals surface area contributed by atoms with Crippen LogP contribution in [0.5, 0.6) is 0 Å². The van der Waals surface area contributed by atoms with Crippen molar-refractivity contribution in [3.05, 3.63) is 88.0 Å². The number of esters is 1. The SMILES string of the molecule is Cc1nn(Cc2ccccc2)c(Cl)c1/C=C/C(=O)OCC(=O)Nc1ccc(F)c(F)c1F. The van der Waals surface area contributed by atoms with Crippen molar-refractivity contribution in [2.45, 2.75) is 13.5 Å². The van der Waals surface area contributed by atoms with Gasteiger partial charge in [0.1, 0.15) is 5.15 Å². The molecule has 0 fully saturated rings. The summed E-state index contributed by atoms with van der Waals surface area (Å²) in [5.41, 5.74) is 1.51. The van der Waals surface area contributed by atoms with E-state index in [9.17, 15) is 22.8 Å². The largest absolute Gasteiger partial charge is 0.452 e. The summed E-state index contributed by atoms with van der Waals surface area (Å²) in [5, 5.41) is 6.67. The molecule has 0 saturated carbocycles. The van der Waals surface area contributed by atoms with Crippen LogP contribution in [0.4, 0.5) is 18.9 Å². The molecule has 6 nitrogen and oxygen atoms in total. The van der Waals surface area contributed by atoms with Crippen LogP contribution in [0.2, 0.25) is 5.15 Å². The molecule has 0 unspecified atom stereocenters. The molecular formula is C22H17ClF3N3O3. The number of carbonyl (C=O) groups excluding carboxylic acids is 2. The second-order valence-electron chi connectivity index (χ2n) is 6.65. The Bertz CT molecular complexity index is 1180. The van der Waals surface area contributed by atoms with E-state index in [0.29, 0.717) is 29.0 Å². The van der Waals surface area contributed by atoms with E-state index in [1.54, 1.807) is 11.6 Å². The van der Waals surface area contributed by atoms with Crippen LogP contribution >= 0.6 is 11.6 Å². The van der Waals surface area contributed by atoms with Crippen molar-refractivity contribution >= 4 is 35.2 Å². The van der Waals surface area contributed by atoms with Crippen LogP contribution in [0.25, 0.3) is 6.08 Å². The molecule has 3 aromatic rings. The van der Waals surface area contributed by atoms with Gasteiger partial charge in [0, 0.05) is 11.6 Å². The third kappa shape index (κ3) is 5.55. The van der Waals surface area contributed by atoms with Crippen molar-refractivity contribution in [3.63, 3.8) is 0 Å². The first kappa shape index (κ1) is 23.1. The summed E-state index contributed by atoms with van der Waals surface area (Å²) in [6.45, 7) is 1.41. The third-order valence-corrected chi connectivity index (χ3v) is 4.72. The van der Waals surface area contributed by atoms with Gasteiger partial charge in [-0.2, -0.15) is 5.10 Å². The first-order valence-electron chi connectivity index (χ1n) is 9.31. The Morgan fingerprint density at radius 1 is 1.12 bits per heavy atom. The van der Waals surface area contributed by atoms with E-state index in [-0.39, 0.29) is 0 Å². The maximum Gasteiger partial charge on any atom is 0.331 e. The van der Waals surface area contributed by atoms with Crippen molar-refractivity contribution in [2.75, 3.05) is 11.9 Å². The number of aryl methyl sites for hydroxylation is 1. The fourth-order valence-corrected chi connectivity index (χ4v) is 3.06. The summed E-state index contributed by atoms with van der Waals surface area (Å²) in [6.07, 6.45) is 2.47. The number of hydrogen-bond donors (Lipinski definition) is 1. The fourth-order valence-electron chi connectivity index (χ4n) is 2.76. The molecule has 10 heteroatoms. The highest BCUT2D eigenvalue weighted by atomic mass is 35.5. The lowest BCUT2D eigenvalue weighted by Gasteiger charge is -2.07. The van der Waals surface area contributed by atoms with Gasteiger partial charge in [-0.15, -0.1) is 0 Å². The second kappa shape index (κ2) is 10.1. The highest BCUT2D eigenvalue weighted by Crippen LogP contribution is 2.22. The van der Waals surface area contributed by atoms with Crippen LogP contribution in [-0.2, 0) is 20.9 Å². The van der Waals surface area contributed by atoms with Gasteiger partial charge in [0.15, 0.2) is 24.1 Å². The molecule has 32 heavy (non-hydrogen) atoms. The van der Waals surface area contributed by atoms with E-state index in [4.69, 9.17) is 16.3 Å². The monoisotopic (exact) mass is 463 g/mol. The van der Waals surface area contributed by atoms with Crippen LogP contribution < -0.4 is 5.32 Å². The average molecular weight is 464 g/mol. The molecule has 0 bridgehead atoms. The Labute approximate surface area is 186 Å². The molecule has 1 aromatic heterocycles. The van der Waals surface area contributed by atoms with Gasteiger partial charge in [0.2, 0.25) is 0 Å². The number of amides is 1. The summed E-state index contributed by atoms with van der Waals surface area (Å²) in [5.74, 6) is -6.46. The number of rotatable bonds is 7. The lowest BCUT2D eigenvalue weighted by atomic mass is 10.2. The Kier molecular flexibility index (Phi) is 7.32. The number of halogens is 4. The Balaban J connectivity index is 1.57. The first-order chi connectivity index (χ1) is 15.3. The fraction of sp³-hybridized carbons (Fsp3) is 0.136. The van der Waals surface area contributed by atoms with Gasteiger partial charge in [-0.3, -0.25) is 4.79 Å². The number of nitrogens with zero attached hydrogens (tertiary/aromatic N) is 2. The summed E-state index contributed by atoms with van der Waals surface area (Å²) >= 11 is 6.36. The van der Waals surface area contributed by atoms with Crippen molar-refractivity contribution in [1.82, 2.24) is 9.78 Å². The Morgan fingerprint density at radius 3 is 2.56 bits per heavy atom. The zero-order valence-corrected chi connectivity index (χ0v) is 17.5. The number of hydrogen-bond acceptors (Lipinski definition) is 4. The van der Waals surface area contributed by atoms with Crippen molar-refractivity contribution in [2.24, 2.45) is 0 Å². The zero-order valence-electron chi connectivity index (χ0n) is 16.7. The van der Waals surface area contributed by atoms with Crippen molar-refractivity contribution in [3.8, 4) is 0 Å². The quantitative estimate of drug-likeness (QED) is 0.318. The predicted molar refractivity (Wildman–Crippen MR) is 112 cm³/mol. The molecule has 0 aliphatic carbocycles. The number of nitrogens with one attached hydrogen (secondary N) is 1. The molecule has 2 aromatic carbocycles.